The summed E-state index contributed by atoms with van der Waals surface area (Å²) in [5.74, 6) is 0.983. The van der Waals surface area contributed by atoms with Gasteiger partial charge in [0.2, 0.25) is 0 Å². The van der Waals surface area contributed by atoms with E-state index in [0.29, 0.717) is 6.54 Å². The van der Waals surface area contributed by atoms with Gasteiger partial charge in [-0.1, -0.05) is 18.2 Å². The highest BCUT2D eigenvalue weighted by Crippen LogP contribution is 2.23. The Morgan fingerprint density at radius 2 is 2.11 bits per heavy atom. The smallest absolute Gasteiger partial charge is 0.300 e. The average Bonchev–Trinajstić information content (AvgIpc) is 2.71. The molecule has 94 valence electrons. The number of carbonyl (C=O) groups excluding carboxylic acids is 1. The largest absolute Gasteiger partial charge is 0.364 e. The topological polar surface area (TPSA) is 29.1 Å². The van der Waals surface area contributed by atoms with E-state index in [1.807, 2.05) is 47.8 Å². The highest BCUT2D eigenvalue weighted by molar-refractivity contribution is 5.60. The van der Waals surface area contributed by atoms with Crippen molar-refractivity contribution in [1.29, 1.82) is 0 Å². The molecular formula is C14H18N3O+. The van der Waals surface area contributed by atoms with Crippen molar-refractivity contribution in [2.24, 2.45) is 7.05 Å². The van der Waals surface area contributed by atoms with Crippen LogP contribution < -0.4 is 9.47 Å². The number of aromatic nitrogens is 2. The third-order valence-corrected chi connectivity index (χ3v) is 3.09. The lowest BCUT2D eigenvalue weighted by Crippen LogP contribution is -2.35. The second kappa shape index (κ2) is 5.04. The number of para-hydroxylation sites is 1. The van der Waals surface area contributed by atoms with E-state index in [1.165, 1.54) is 5.56 Å². The van der Waals surface area contributed by atoms with Gasteiger partial charge in [0, 0.05) is 0 Å². The molecule has 2 aromatic rings. The summed E-state index contributed by atoms with van der Waals surface area (Å²) in [6.45, 7) is 2.45. The number of carbonyl (C=O) groups is 1. The lowest BCUT2D eigenvalue weighted by molar-refractivity contribution is -0.657. The van der Waals surface area contributed by atoms with Crippen molar-refractivity contribution in [2.75, 3.05) is 11.9 Å². The van der Waals surface area contributed by atoms with E-state index >= 15 is 0 Å². The molecule has 0 spiro atoms. The number of anilines is 2. The maximum absolute atomic E-state index is 10.7. The van der Waals surface area contributed by atoms with Crippen molar-refractivity contribution in [3.8, 4) is 0 Å². The fourth-order valence-corrected chi connectivity index (χ4v) is 2.22. The summed E-state index contributed by atoms with van der Waals surface area (Å²) in [6, 6.07) is 8.20. The number of rotatable bonds is 4. The number of aldehydes is 1. The molecule has 0 unspecified atom stereocenters. The van der Waals surface area contributed by atoms with E-state index in [-0.39, 0.29) is 0 Å². The van der Waals surface area contributed by atoms with E-state index in [2.05, 4.69) is 24.0 Å². The number of hydrogen-bond acceptors (Lipinski definition) is 2. The van der Waals surface area contributed by atoms with Crippen LogP contribution in [0.25, 0.3) is 0 Å². The van der Waals surface area contributed by atoms with Gasteiger partial charge in [-0.3, -0.25) is 4.79 Å². The predicted octanol–water partition coefficient (Wildman–Crippen LogP) is 1.59. The van der Waals surface area contributed by atoms with Crippen LogP contribution in [0.15, 0.2) is 36.7 Å². The Morgan fingerprint density at radius 1 is 1.39 bits per heavy atom. The van der Waals surface area contributed by atoms with Crippen molar-refractivity contribution < 1.29 is 9.36 Å². The van der Waals surface area contributed by atoms with Crippen LogP contribution in [0, 0.1) is 6.92 Å². The molecule has 1 aromatic carbocycles. The van der Waals surface area contributed by atoms with Crippen molar-refractivity contribution >= 4 is 17.9 Å². The number of aryl methyl sites for hydroxylation is 2. The normalized spacial score (nSPS) is 10.4. The standard InChI is InChI=1S/C14H18N3O/c1-12-6-4-5-7-13(12)16(3)14-15(2)8-9-17(14)10-11-18/h4-9,11H,10H2,1-3H3/q+1. The van der Waals surface area contributed by atoms with Gasteiger partial charge in [0.05, 0.1) is 26.5 Å². The van der Waals surface area contributed by atoms with Crippen LogP contribution >= 0.6 is 0 Å². The first kappa shape index (κ1) is 12.4. The second-order valence-electron chi connectivity index (χ2n) is 4.37. The van der Waals surface area contributed by atoms with E-state index in [1.54, 1.807) is 0 Å². The monoisotopic (exact) mass is 244 g/mol. The Labute approximate surface area is 107 Å². The molecule has 1 heterocycles. The van der Waals surface area contributed by atoms with E-state index in [0.717, 1.165) is 17.9 Å². The predicted molar refractivity (Wildman–Crippen MR) is 70.9 cm³/mol. The number of imidazole rings is 1. The van der Waals surface area contributed by atoms with E-state index in [9.17, 15) is 4.79 Å². The zero-order valence-electron chi connectivity index (χ0n) is 11.0. The fraction of sp³-hybridized carbons (Fsp3) is 0.286. The third kappa shape index (κ3) is 2.14. The van der Waals surface area contributed by atoms with Gasteiger partial charge in [-0.2, -0.15) is 0 Å². The molecule has 18 heavy (non-hydrogen) atoms. The Hall–Kier alpha value is -2.10. The number of nitrogens with zero attached hydrogens (tertiary/aromatic N) is 3. The van der Waals surface area contributed by atoms with Gasteiger partial charge in [0.15, 0.2) is 6.29 Å². The van der Waals surface area contributed by atoms with Gasteiger partial charge >= 0.3 is 5.95 Å². The molecule has 0 aliphatic heterocycles. The molecule has 0 bridgehead atoms. The summed E-state index contributed by atoms with van der Waals surface area (Å²) in [5.41, 5.74) is 2.35. The van der Waals surface area contributed by atoms with Crippen LogP contribution in [0.1, 0.15) is 5.56 Å². The first-order valence-corrected chi connectivity index (χ1v) is 5.93. The Morgan fingerprint density at radius 3 is 2.78 bits per heavy atom. The summed E-state index contributed by atoms with van der Waals surface area (Å²) < 4.78 is 3.94. The Kier molecular flexibility index (Phi) is 3.46. The van der Waals surface area contributed by atoms with E-state index in [4.69, 9.17) is 0 Å². The van der Waals surface area contributed by atoms with Crippen LogP contribution in [0.5, 0.6) is 0 Å². The molecular weight excluding hydrogens is 226 g/mol. The molecule has 0 saturated carbocycles. The molecule has 0 amide bonds. The lowest BCUT2D eigenvalue weighted by Gasteiger charge is -2.15. The summed E-state index contributed by atoms with van der Waals surface area (Å²) >= 11 is 0. The molecule has 1 aromatic heterocycles. The molecule has 0 aliphatic rings. The SMILES string of the molecule is Cc1ccccc1N(C)c1n(CC=O)cc[n+]1C. The lowest BCUT2D eigenvalue weighted by atomic mass is 10.2. The van der Waals surface area contributed by atoms with Crippen LogP contribution in [0.3, 0.4) is 0 Å². The first-order chi connectivity index (χ1) is 8.65. The minimum atomic E-state index is 0.367. The maximum Gasteiger partial charge on any atom is 0.364 e. The highest BCUT2D eigenvalue weighted by Gasteiger charge is 2.21. The van der Waals surface area contributed by atoms with Crippen LogP contribution in [0.4, 0.5) is 11.6 Å². The van der Waals surface area contributed by atoms with Crippen molar-refractivity contribution in [3.05, 3.63) is 42.2 Å². The molecule has 0 N–H and O–H groups in total. The summed E-state index contributed by atoms with van der Waals surface area (Å²) in [4.78, 5) is 12.8. The third-order valence-electron chi connectivity index (χ3n) is 3.09. The van der Waals surface area contributed by atoms with Crippen molar-refractivity contribution in [3.63, 3.8) is 0 Å². The zero-order chi connectivity index (χ0) is 13.1. The minimum Gasteiger partial charge on any atom is -0.300 e. The molecule has 4 heteroatoms. The quantitative estimate of drug-likeness (QED) is 0.603. The molecule has 0 atom stereocenters. The maximum atomic E-state index is 10.7. The molecule has 0 saturated heterocycles. The van der Waals surface area contributed by atoms with Gasteiger partial charge in [-0.05, 0) is 18.6 Å². The number of hydrogen-bond donors (Lipinski definition) is 0. The van der Waals surface area contributed by atoms with Gasteiger partial charge in [0.25, 0.3) is 0 Å². The second-order valence-corrected chi connectivity index (χ2v) is 4.37. The van der Waals surface area contributed by atoms with Gasteiger partial charge in [-0.25, -0.2) is 14.0 Å². The number of benzene rings is 1. The molecule has 0 radical (unpaired) electrons. The van der Waals surface area contributed by atoms with Crippen molar-refractivity contribution in [2.45, 2.75) is 13.5 Å². The Balaban J connectivity index is 2.45. The highest BCUT2D eigenvalue weighted by atomic mass is 16.1. The summed E-state index contributed by atoms with van der Waals surface area (Å²) in [5, 5.41) is 0. The van der Waals surface area contributed by atoms with Gasteiger partial charge in [-0.15, -0.1) is 0 Å². The van der Waals surface area contributed by atoms with E-state index < -0.39 is 0 Å². The average molecular weight is 244 g/mol. The summed E-state index contributed by atoms with van der Waals surface area (Å²) in [7, 11) is 3.99. The Bertz CT molecular complexity index is 560. The van der Waals surface area contributed by atoms with Gasteiger partial charge in [0.1, 0.15) is 12.2 Å². The molecule has 0 aliphatic carbocycles. The van der Waals surface area contributed by atoms with Gasteiger partial charge < -0.3 is 0 Å². The zero-order valence-corrected chi connectivity index (χ0v) is 11.0. The molecule has 2 rings (SSSR count). The van der Waals surface area contributed by atoms with Crippen LogP contribution in [0.2, 0.25) is 0 Å². The van der Waals surface area contributed by atoms with Crippen LogP contribution in [-0.2, 0) is 18.4 Å². The molecule has 4 nitrogen and oxygen atoms in total. The van der Waals surface area contributed by atoms with Crippen LogP contribution in [-0.4, -0.2) is 17.9 Å². The minimum absolute atomic E-state index is 0.367. The molecule has 0 fully saturated rings. The van der Waals surface area contributed by atoms with Crippen molar-refractivity contribution in [1.82, 2.24) is 4.57 Å². The first-order valence-electron chi connectivity index (χ1n) is 5.93. The fourth-order valence-electron chi connectivity index (χ4n) is 2.22. The summed E-state index contributed by atoms with van der Waals surface area (Å²) in [6.07, 6.45) is 4.78.